The Balaban J connectivity index is 2.35. The van der Waals surface area contributed by atoms with Gasteiger partial charge in [-0.1, -0.05) is 22.0 Å². The second-order valence-corrected chi connectivity index (χ2v) is 5.96. The zero-order chi connectivity index (χ0) is 13.3. The fraction of sp³-hybridized carbons (Fsp3) is 0.462. The third-order valence-electron chi connectivity index (χ3n) is 3.41. The lowest BCUT2D eigenvalue weighted by atomic mass is 9.92. The first-order valence-electron chi connectivity index (χ1n) is 5.95. The smallest absolute Gasteiger partial charge is 0.315 e. The molecule has 2 amide bonds. The van der Waals surface area contributed by atoms with Crippen molar-refractivity contribution in [1.82, 2.24) is 4.90 Å². The van der Waals surface area contributed by atoms with Gasteiger partial charge in [0.25, 0.3) is 0 Å². The van der Waals surface area contributed by atoms with Gasteiger partial charge in [-0.05, 0) is 43.0 Å². The number of rotatable bonds is 1. The molecule has 2 atom stereocenters. The van der Waals surface area contributed by atoms with Gasteiger partial charge < -0.3 is 10.6 Å². The summed E-state index contributed by atoms with van der Waals surface area (Å²) >= 11 is 3.59. The van der Waals surface area contributed by atoms with Crippen molar-refractivity contribution in [2.75, 3.05) is 6.54 Å². The van der Waals surface area contributed by atoms with Gasteiger partial charge in [0.15, 0.2) is 0 Å². The largest absolute Gasteiger partial charge is 0.351 e. The van der Waals surface area contributed by atoms with E-state index in [9.17, 15) is 9.18 Å². The summed E-state index contributed by atoms with van der Waals surface area (Å²) in [5.41, 5.74) is 7.24. The van der Waals surface area contributed by atoms with Gasteiger partial charge >= 0.3 is 6.03 Å². The van der Waals surface area contributed by atoms with Crippen molar-refractivity contribution in [3.05, 3.63) is 35.1 Å². The average Bonchev–Trinajstić information content (AvgIpc) is 2.28. The van der Waals surface area contributed by atoms with Crippen LogP contribution in [0, 0.1) is 12.7 Å². The van der Waals surface area contributed by atoms with E-state index in [2.05, 4.69) is 15.9 Å². The predicted molar refractivity (Wildman–Crippen MR) is 72.1 cm³/mol. The van der Waals surface area contributed by atoms with E-state index in [1.54, 1.807) is 11.0 Å². The number of benzene rings is 1. The lowest BCUT2D eigenvalue weighted by Gasteiger charge is -2.37. The number of nitrogens with zero attached hydrogens (tertiary/aromatic N) is 1. The molecule has 1 aliphatic heterocycles. The average molecular weight is 315 g/mol. The van der Waals surface area contributed by atoms with Crippen molar-refractivity contribution in [3.63, 3.8) is 0 Å². The molecular formula is C13H16BrFN2O. The zero-order valence-electron chi connectivity index (χ0n) is 10.2. The Hall–Kier alpha value is -1.10. The maximum atomic E-state index is 13.1. The summed E-state index contributed by atoms with van der Waals surface area (Å²) in [4.78, 5) is 13.5. The highest BCUT2D eigenvalue weighted by atomic mass is 79.9. The molecule has 18 heavy (non-hydrogen) atoms. The van der Waals surface area contributed by atoms with E-state index in [0.717, 1.165) is 24.0 Å². The monoisotopic (exact) mass is 314 g/mol. The first-order valence-corrected chi connectivity index (χ1v) is 6.87. The molecule has 0 bridgehead atoms. The lowest BCUT2D eigenvalue weighted by molar-refractivity contribution is 0.162. The molecule has 5 heteroatoms. The Morgan fingerprint density at radius 2 is 2.28 bits per heavy atom. The minimum atomic E-state index is -0.414. The lowest BCUT2D eigenvalue weighted by Crippen LogP contribution is -2.44. The molecular weight excluding hydrogens is 299 g/mol. The van der Waals surface area contributed by atoms with Crippen LogP contribution in [0.25, 0.3) is 0 Å². The van der Waals surface area contributed by atoms with Crippen LogP contribution in [0.3, 0.4) is 0 Å². The van der Waals surface area contributed by atoms with Crippen LogP contribution in [0.2, 0.25) is 0 Å². The molecule has 0 spiro atoms. The maximum absolute atomic E-state index is 13.1. The molecule has 1 aromatic rings. The molecule has 1 fully saturated rings. The van der Waals surface area contributed by atoms with Crippen LogP contribution in [-0.4, -0.2) is 22.3 Å². The van der Waals surface area contributed by atoms with Crippen LogP contribution in [-0.2, 0) is 0 Å². The second kappa shape index (κ2) is 5.26. The topological polar surface area (TPSA) is 46.3 Å². The van der Waals surface area contributed by atoms with Crippen molar-refractivity contribution in [2.24, 2.45) is 5.73 Å². The molecule has 3 nitrogen and oxygen atoms in total. The van der Waals surface area contributed by atoms with Gasteiger partial charge in [-0.2, -0.15) is 0 Å². The first kappa shape index (κ1) is 13.3. The number of nitrogens with two attached hydrogens (primary N) is 1. The molecule has 0 aromatic heterocycles. The summed E-state index contributed by atoms with van der Waals surface area (Å²) < 4.78 is 13.1. The summed E-state index contributed by atoms with van der Waals surface area (Å²) in [5.74, 6) is -0.256. The SMILES string of the molecule is Cc1cc(F)ccc1C1CC(Br)CCN1C(N)=O. The van der Waals surface area contributed by atoms with E-state index >= 15 is 0 Å². The molecule has 98 valence electrons. The molecule has 1 aromatic carbocycles. The molecule has 0 radical (unpaired) electrons. The molecule has 1 saturated heterocycles. The Labute approximate surface area is 114 Å². The minimum Gasteiger partial charge on any atom is -0.351 e. The predicted octanol–water partition coefficient (Wildman–Crippen LogP) is 3.11. The van der Waals surface area contributed by atoms with E-state index in [4.69, 9.17) is 5.73 Å². The number of halogens is 2. The van der Waals surface area contributed by atoms with Gasteiger partial charge in [-0.3, -0.25) is 0 Å². The third-order valence-corrected chi connectivity index (χ3v) is 4.24. The van der Waals surface area contributed by atoms with Gasteiger partial charge in [0.2, 0.25) is 0 Å². The molecule has 2 rings (SSSR count). The van der Waals surface area contributed by atoms with Crippen LogP contribution < -0.4 is 5.73 Å². The number of hydrogen-bond acceptors (Lipinski definition) is 1. The van der Waals surface area contributed by atoms with Crippen LogP contribution in [0.15, 0.2) is 18.2 Å². The fourth-order valence-electron chi connectivity index (χ4n) is 2.49. The van der Waals surface area contributed by atoms with Crippen LogP contribution in [0.5, 0.6) is 0 Å². The summed E-state index contributed by atoms with van der Waals surface area (Å²) in [6.45, 7) is 2.49. The molecule has 2 N–H and O–H groups in total. The highest BCUT2D eigenvalue weighted by molar-refractivity contribution is 9.09. The number of piperidine rings is 1. The third kappa shape index (κ3) is 2.66. The number of carbonyl (C=O) groups is 1. The minimum absolute atomic E-state index is 0.0683. The van der Waals surface area contributed by atoms with Crippen molar-refractivity contribution in [3.8, 4) is 0 Å². The Morgan fingerprint density at radius 3 is 2.89 bits per heavy atom. The van der Waals surface area contributed by atoms with Crippen LogP contribution in [0.1, 0.15) is 30.0 Å². The molecule has 0 aliphatic carbocycles. The molecule has 0 saturated carbocycles. The van der Waals surface area contributed by atoms with E-state index in [-0.39, 0.29) is 11.9 Å². The summed E-state index contributed by atoms with van der Waals surface area (Å²) in [5, 5.41) is 0. The number of amides is 2. The van der Waals surface area contributed by atoms with Crippen LogP contribution in [0.4, 0.5) is 9.18 Å². The maximum Gasteiger partial charge on any atom is 0.315 e. The number of hydrogen-bond donors (Lipinski definition) is 1. The zero-order valence-corrected chi connectivity index (χ0v) is 11.8. The molecule has 1 aliphatic rings. The van der Waals surface area contributed by atoms with Gasteiger partial charge in [0, 0.05) is 11.4 Å². The van der Waals surface area contributed by atoms with Gasteiger partial charge in [0.05, 0.1) is 6.04 Å². The number of primary amides is 1. The molecule has 1 heterocycles. The van der Waals surface area contributed by atoms with Crippen molar-refractivity contribution in [1.29, 1.82) is 0 Å². The second-order valence-electron chi connectivity index (χ2n) is 4.67. The van der Waals surface area contributed by atoms with E-state index in [0.29, 0.717) is 11.4 Å². The normalized spacial score (nSPS) is 24.1. The Morgan fingerprint density at radius 1 is 1.56 bits per heavy atom. The van der Waals surface area contributed by atoms with E-state index in [1.165, 1.54) is 12.1 Å². The number of aryl methyl sites for hydroxylation is 1. The summed E-state index contributed by atoms with van der Waals surface area (Å²) in [6.07, 6.45) is 1.69. The number of likely N-dealkylation sites (tertiary alicyclic amines) is 1. The Kier molecular flexibility index (Phi) is 3.90. The first-order chi connectivity index (χ1) is 8.49. The Bertz CT molecular complexity index is 466. The summed E-state index contributed by atoms with van der Waals surface area (Å²) in [6, 6.07) is 4.19. The number of carbonyl (C=O) groups excluding carboxylic acids is 1. The quantitative estimate of drug-likeness (QED) is 0.795. The number of urea groups is 1. The van der Waals surface area contributed by atoms with E-state index in [1.807, 2.05) is 6.92 Å². The van der Waals surface area contributed by atoms with Gasteiger partial charge in [-0.25, -0.2) is 9.18 Å². The van der Waals surface area contributed by atoms with Crippen molar-refractivity contribution < 1.29 is 9.18 Å². The van der Waals surface area contributed by atoms with Gasteiger partial charge in [0.1, 0.15) is 5.82 Å². The van der Waals surface area contributed by atoms with Gasteiger partial charge in [-0.15, -0.1) is 0 Å². The fourth-order valence-corrected chi connectivity index (χ4v) is 3.05. The van der Waals surface area contributed by atoms with E-state index < -0.39 is 6.03 Å². The standard InChI is InChI=1S/C13H16BrFN2O/c1-8-6-10(15)2-3-11(8)12-7-9(14)4-5-17(12)13(16)18/h2-3,6,9,12H,4-5,7H2,1H3,(H2,16,18). The molecule has 2 unspecified atom stereocenters. The van der Waals surface area contributed by atoms with Crippen molar-refractivity contribution in [2.45, 2.75) is 30.6 Å². The van der Waals surface area contributed by atoms with Crippen LogP contribution >= 0.6 is 15.9 Å². The van der Waals surface area contributed by atoms with Crippen molar-refractivity contribution >= 4 is 22.0 Å². The highest BCUT2D eigenvalue weighted by Crippen LogP contribution is 2.35. The highest BCUT2D eigenvalue weighted by Gasteiger charge is 2.31. The summed E-state index contributed by atoms with van der Waals surface area (Å²) in [7, 11) is 0. The number of alkyl halides is 1.